The summed E-state index contributed by atoms with van der Waals surface area (Å²) >= 11 is 0. The number of esters is 1. The number of Topliss-reactive ketones (excluding diaryl/α,β-unsaturated/α-hetero) is 1. The number of rotatable bonds is 3. The first kappa shape index (κ1) is 31.6. The molecule has 236 valence electrons. The number of carbonyl (C=O) groups excluding carboxylic acids is 3. The Hall–Kier alpha value is -1.85. The van der Waals surface area contributed by atoms with E-state index in [9.17, 15) is 14.4 Å². The molecule has 0 aromatic rings. The predicted octanol–water partition coefficient (Wildman–Crippen LogP) is 8.18. The van der Waals surface area contributed by atoms with Crippen molar-refractivity contribution in [2.45, 2.75) is 151 Å². The van der Waals surface area contributed by atoms with Crippen molar-refractivity contribution in [1.82, 2.24) is 5.32 Å². The highest BCUT2D eigenvalue weighted by atomic mass is 16.6. The van der Waals surface area contributed by atoms with E-state index in [0.717, 1.165) is 51.4 Å². The Kier molecular flexibility index (Phi) is 7.39. The fourth-order valence-corrected chi connectivity index (χ4v) is 11.5. The van der Waals surface area contributed by atoms with Gasteiger partial charge in [-0.1, -0.05) is 54.0 Å². The molecule has 1 unspecified atom stereocenters. The first-order chi connectivity index (χ1) is 19.2. The normalized spacial score (nSPS) is 42.7. The van der Waals surface area contributed by atoms with Gasteiger partial charge in [-0.05, 0) is 112 Å². The number of nitrogens with one attached hydrogen (secondary N) is 1. The van der Waals surface area contributed by atoms with Crippen molar-refractivity contribution >= 4 is 17.8 Å². The Morgan fingerprint density at radius 3 is 2.19 bits per heavy atom. The Bertz CT molecular complexity index is 1190. The average molecular weight is 584 g/mol. The number of ketones is 1. The van der Waals surface area contributed by atoms with E-state index in [0.29, 0.717) is 18.3 Å². The quantitative estimate of drug-likeness (QED) is 0.268. The van der Waals surface area contributed by atoms with Crippen molar-refractivity contribution in [1.29, 1.82) is 0 Å². The van der Waals surface area contributed by atoms with Crippen LogP contribution in [0.3, 0.4) is 0 Å². The zero-order valence-corrected chi connectivity index (χ0v) is 28.3. The first-order valence-electron chi connectivity index (χ1n) is 16.7. The van der Waals surface area contributed by atoms with Crippen LogP contribution >= 0.6 is 0 Å². The van der Waals surface area contributed by atoms with Gasteiger partial charge in [-0.2, -0.15) is 0 Å². The predicted molar refractivity (Wildman–Crippen MR) is 165 cm³/mol. The number of carbonyl (C=O) groups is 3. The van der Waals surface area contributed by atoms with E-state index in [2.05, 4.69) is 53.8 Å². The first-order valence-corrected chi connectivity index (χ1v) is 16.7. The summed E-state index contributed by atoms with van der Waals surface area (Å²) in [6.07, 6.45) is 8.02. The van der Waals surface area contributed by atoms with Gasteiger partial charge in [0.1, 0.15) is 17.5 Å². The highest BCUT2D eigenvalue weighted by Gasteiger charge is 2.69. The Labute approximate surface area is 254 Å². The standard InChI is InChI=1S/C36H57NO5/c1-21(2)28-24(39)20-36(37-30(40)42-31(4,5)6)19-18-34(10)23(29(28)36)12-13-26-33(9)16-15-27(41-22(3)38)32(7,8)25(33)14-17-35(26,34)11/h21,25-28H,12-20H2,1-11H3,(H,37,40)/t25-,26+,27-,28?,33-,34+,35+,36+/m0/s1. The molecule has 1 N–H and O–H groups in total. The molecule has 1 amide bonds. The summed E-state index contributed by atoms with van der Waals surface area (Å²) in [5.74, 6) is 1.17. The summed E-state index contributed by atoms with van der Waals surface area (Å²) in [6.45, 7) is 23.8. The summed E-state index contributed by atoms with van der Waals surface area (Å²) in [7, 11) is 0. The van der Waals surface area contributed by atoms with Crippen LogP contribution in [0.15, 0.2) is 11.1 Å². The van der Waals surface area contributed by atoms with E-state index in [1.807, 2.05) is 20.8 Å². The maximum Gasteiger partial charge on any atom is 0.408 e. The maximum atomic E-state index is 13.8. The number of hydrogen-bond acceptors (Lipinski definition) is 5. The summed E-state index contributed by atoms with van der Waals surface area (Å²) < 4.78 is 11.7. The van der Waals surface area contributed by atoms with Crippen molar-refractivity contribution in [2.75, 3.05) is 0 Å². The third-order valence-corrected chi connectivity index (χ3v) is 13.3. The minimum Gasteiger partial charge on any atom is -0.462 e. The summed E-state index contributed by atoms with van der Waals surface area (Å²) in [6, 6.07) is 0. The van der Waals surface area contributed by atoms with Gasteiger partial charge < -0.3 is 14.8 Å². The van der Waals surface area contributed by atoms with E-state index in [4.69, 9.17) is 9.47 Å². The lowest BCUT2D eigenvalue weighted by atomic mass is 9.34. The van der Waals surface area contributed by atoms with Crippen LogP contribution in [0.2, 0.25) is 0 Å². The topological polar surface area (TPSA) is 81.7 Å². The van der Waals surface area contributed by atoms with Crippen molar-refractivity contribution < 1.29 is 23.9 Å². The van der Waals surface area contributed by atoms with Crippen LogP contribution in [-0.2, 0) is 19.1 Å². The van der Waals surface area contributed by atoms with Crippen molar-refractivity contribution in [3.63, 3.8) is 0 Å². The molecule has 5 aliphatic carbocycles. The van der Waals surface area contributed by atoms with E-state index in [1.165, 1.54) is 18.1 Å². The van der Waals surface area contributed by atoms with Crippen LogP contribution in [0.25, 0.3) is 0 Å². The third kappa shape index (κ3) is 4.50. The second-order valence-electron chi connectivity index (χ2n) is 17.4. The Morgan fingerprint density at radius 1 is 0.929 bits per heavy atom. The number of alkyl carbamates (subject to hydrolysis) is 1. The molecule has 0 aromatic carbocycles. The molecule has 0 saturated heterocycles. The average Bonchev–Trinajstić information content (AvgIpc) is 3.11. The van der Waals surface area contributed by atoms with Gasteiger partial charge in [0.05, 0.1) is 5.54 Å². The lowest BCUT2D eigenvalue weighted by molar-refractivity contribution is -0.212. The molecular weight excluding hydrogens is 526 g/mol. The third-order valence-electron chi connectivity index (χ3n) is 13.3. The van der Waals surface area contributed by atoms with Crippen molar-refractivity contribution in [3.8, 4) is 0 Å². The molecule has 5 aliphatic rings. The molecule has 42 heavy (non-hydrogen) atoms. The molecule has 5 rings (SSSR count). The van der Waals surface area contributed by atoms with Gasteiger partial charge in [-0.3, -0.25) is 9.59 Å². The second kappa shape index (κ2) is 9.83. The van der Waals surface area contributed by atoms with E-state index in [-0.39, 0.29) is 51.4 Å². The minimum atomic E-state index is -0.641. The molecule has 0 aliphatic heterocycles. The largest absolute Gasteiger partial charge is 0.462 e. The lowest BCUT2D eigenvalue weighted by Gasteiger charge is -2.70. The molecule has 0 radical (unpaired) electrons. The SMILES string of the molecule is CC(=O)O[C@H]1CC[C@]2(C)[C@H]3CCC4=C5C(C(C)C)C(=O)C[C@]5(NC(=O)OC(C)(C)C)CC[C@@]4(C)[C@]3(C)CC[C@H]2C1(C)C. The lowest BCUT2D eigenvalue weighted by Crippen LogP contribution is -2.65. The summed E-state index contributed by atoms with van der Waals surface area (Å²) in [5, 5.41) is 3.30. The molecule has 6 nitrogen and oxygen atoms in total. The maximum absolute atomic E-state index is 13.8. The second-order valence-corrected chi connectivity index (χ2v) is 17.4. The van der Waals surface area contributed by atoms with Crippen LogP contribution in [-0.4, -0.2) is 35.1 Å². The Morgan fingerprint density at radius 2 is 1.60 bits per heavy atom. The Balaban J connectivity index is 1.57. The number of amides is 1. The molecule has 0 heterocycles. The number of hydrogen-bond donors (Lipinski definition) is 1. The van der Waals surface area contributed by atoms with Gasteiger partial charge in [-0.25, -0.2) is 4.79 Å². The van der Waals surface area contributed by atoms with E-state index in [1.54, 1.807) is 0 Å². The van der Waals surface area contributed by atoms with Gasteiger partial charge in [0.2, 0.25) is 0 Å². The van der Waals surface area contributed by atoms with Crippen LogP contribution < -0.4 is 5.32 Å². The zero-order chi connectivity index (χ0) is 31.3. The molecule has 4 saturated carbocycles. The van der Waals surface area contributed by atoms with Gasteiger partial charge in [0.25, 0.3) is 0 Å². The van der Waals surface area contributed by atoms with Crippen molar-refractivity contribution in [2.24, 2.45) is 45.3 Å². The van der Waals surface area contributed by atoms with Crippen LogP contribution in [0, 0.1) is 45.3 Å². The van der Waals surface area contributed by atoms with E-state index >= 15 is 0 Å². The van der Waals surface area contributed by atoms with Crippen LogP contribution in [0.5, 0.6) is 0 Å². The number of ether oxygens (including phenoxy) is 2. The number of fused-ring (bicyclic) bond motifs is 6. The van der Waals surface area contributed by atoms with Crippen LogP contribution in [0.1, 0.15) is 134 Å². The molecular formula is C36H57NO5. The van der Waals surface area contributed by atoms with Gasteiger partial charge in [0, 0.05) is 24.7 Å². The highest BCUT2D eigenvalue weighted by Crippen LogP contribution is 2.75. The van der Waals surface area contributed by atoms with E-state index < -0.39 is 17.2 Å². The fourth-order valence-electron chi connectivity index (χ4n) is 11.5. The number of allylic oxidation sites excluding steroid dienone is 1. The monoisotopic (exact) mass is 583 g/mol. The minimum absolute atomic E-state index is 0.0279. The zero-order valence-electron chi connectivity index (χ0n) is 28.3. The van der Waals surface area contributed by atoms with Gasteiger partial charge in [-0.15, -0.1) is 0 Å². The summed E-state index contributed by atoms with van der Waals surface area (Å²) in [4.78, 5) is 39.0. The molecule has 0 aromatic heterocycles. The highest BCUT2D eigenvalue weighted by molar-refractivity contribution is 5.92. The van der Waals surface area contributed by atoms with Crippen molar-refractivity contribution in [3.05, 3.63) is 11.1 Å². The smallest absolute Gasteiger partial charge is 0.408 e. The molecule has 6 heteroatoms. The molecule has 8 atom stereocenters. The fraction of sp³-hybridized carbons (Fsp3) is 0.861. The summed E-state index contributed by atoms with van der Waals surface area (Å²) in [5.41, 5.74) is 1.60. The molecule has 4 fully saturated rings. The van der Waals surface area contributed by atoms with Gasteiger partial charge >= 0.3 is 12.1 Å². The van der Waals surface area contributed by atoms with Gasteiger partial charge in [0.15, 0.2) is 0 Å². The van der Waals surface area contributed by atoms with Crippen LogP contribution in [0.4, 0.5) is 4.79 Å². The molecule has 0 bridgehead atoms. The molecule has 0 spiro atoms.